The first-order valence-electron chi connectivity index (χ1n) is 6.99. The van der Waals surface area contributed by atoms with Crippen LogP contribution in [0.1, 0.15) is 42.9 Å². The molecule has 0 saturated heterocycles. The number of carbonyl (C=O) groups excluding carboxylic acids is 1. The van der Waals surface area contributed by atoms with Gasteiger partial charge in [-0.15, -0.1) is 0 Å². The van der Waals surface area contributed by atoms with Crippen molar-refractivity contribution in [1.29, 1.82) is 0 Å². The third-order valence-electron chi connectivity index (χ3n) is 2.91. The van der Waals surface area contributed by atoms with Gasteiger partial charge < -0.3 is 10.1 Å². The summed E-state index contributed by atoms with van der Waals surface area (Å²) in [5.41, 5.74) is 3.98. The molecule has 1 rings (SSSR count). The van der Waals surface area contributed by atoms with Gasteiger partial charge in [0, 0.05) is 13.5 Å². The van der Waals surface area contributed by atoms with E-state index in [-0.39, 0.29) is 5.97 Å². The molecule has 1 N–H and O–H groups in total. The molecule has 0 spiro atoms. The number of benzene rings is 1. The molecule has 0 aliphatic carbocycles. The van der Waals surface area contributed by atoms with Crippen LogP contribution in [0.2, 0.25) is 0 Å². The third-order valence-corrected chi connectivity index (χ3v) is 2.91. The second-order valence-electron chi connectivity index (χ2n) is 5.07. The maximum Gasteiger partial charge on any atom is 0.302 e. The summed E-state index contributed by atoms with van der Waals surface area (Å²) in [6, 6.07) is 6.64. The minimum absolute atomic E-state index is 0.187. The number of ether oxygens (including phenoxy) is 1. The molecule has 0 saturated carbocycles. The van der Waals surface area contributed by atoms with E-state index in [0.717, 1.165) is 32.4 Å². The molecule has 0 bridgehead atoms. The van der Waals surface area contributed by atoms with E-state index in [4.69, 9.17) is 4.74 Å². The van der Waals surface area contributed by atoms with E-state index >= 15 is 0 Å². The van der Waals surface area contributed by atoms with Gasteiger partial charge in [0.05, 0.1) is 6.61 Å². The van der Waals surface area contributed by atoms with Gasteiger partial charge in [-0.1, -0.05) is 29.3 Å². The van der Waals surface area contributed by atoms with Crippen molar-refractivity contribution in [3.8, 4) is 0 Å². The number of hydrogen-bond donors (Lipinski definition) is 1. The van der Waals surface area contributed by atoms with Gasteiger partial charge in [0.2, 0.25) is 0 Å². The fourth-order valence-corrected chi connectivity index (χ4v) is 2.15. The molecule has 0 unspecified atom stereocenters. The zero-order chi connectivity index (χ0) is 14.1. The molecule has 0 aromatic heterocycles. The standard InChI is InChI=1S/C16H25NO2/c1-13-9-14(2)11-16(10-13)12-17-7-5-4-6-8-19-15(3)18/h9-11,17H,4-8,12H2,1-3H3. The van der Waals surface area contributed by atoms with Crippen LogP contribution in [0.15, 0.2) is 18.2 Å². The van der Waals surface area contributed by atoms with Gasteiger partial charge in [0.25, 0.3) is 0 Å². The maximum absolute atomic E-state index is 10.6. The zero-order valence-electron chi connectivity index (χ0n) is 12.3. The lowest BCUT2D eigenvalue weighted by atomic mass is 10.1. The molecule has 3 heteroatoms. The van der Waals surface area contributed by atoms with Gasteiger partial charge in [-0.3, -0.25) is 4.79 Å². The van der Waals surface area contributed by atoms with E-state index in [1.54, 1.807) is 0 Å². The first kappa shape index (κ1) is 15.7. The molecule has 0 amide bonds. The average molecular weight is 263 g/mol. The topological polar surface area (TPSA) is 38.3 Å². The maximum atomic E-state index is 10.6. The molecule has 0 aliphatic heterocycles. The third kappa shape index (κ3) is 7.62. The van der Waals surface area contributed by atoms with Crippen LogP contribution in [0.3, 0.4) is 0 Å². The molecule has 0 atom stereocenters. The number of nitrogens with one attached hydrogen (secondary N) is 1. The molecule has 3 nitrogen and oxygen atoms in total. The summed E-state index contributed by atoms with van der Waals surface area (Å²) in [4.78, 5) is 10.6. The number of unbranched alkanes of at least 4 members (excludes halogenated alkanes) is 2. The molecular weight excluding hydrogens is 238 g/mol. The molecule has 0 aliphatic rings. The average Bonchev–Trinajstić information content (AvgIpc) is 2.31. The van der Waals surface area contributed by atoms with Gasteiger partial charge in [-0.05, 0) is 45.2 Å². The number of aryl methyl sites for hydroxylation is 2. The van der Waals surface area contributed by atoms with Crippen LogP contribution in [-0.2, 0) is 16.1 Å². The Hall–Kier alpha value is -1.35. The second-order valence-corrected chi connectivity index (χ2v) is 5.07. The lowest BCUT2D eigenvalue weighted by Crippen LogP contribution is -2.15. The van der Waals surface area contributed by atoms with Crippen LogP contribution >= 0.6 is 0 Å². The minimum Gasteiger partial charge on any atom is -0.466 e. The van der Waals surface area contributed by atoms with Crippen molar-refractivity contribution in [3.05, 3.63) is 34.9 Å². The largest absolute Gasteiger partial charge is 0.466 e. The first-order valence-corrected chi connectivity index (χ1v) is 6.99. The van der Waals surface area contributed by atoms with E-state index in [1.165, 1.54) is 23.6 Å². The first-order chi connectivity index (χ1) is 9.08. The summed E-state index contributed by atoms with van der Waals surface area (Å²) in [6.45, 7) is 8.19. The minimum atomic E-state index is -0.187. The summed E-state index contributed by atoms with van der Waals surface area (Å²) < 4.78 is 4.88. The highest BCUT2D eigenvalue weighted by atomic mass is 16.5. The smallest absolute Gasteiger partial charge is 0.302 e. The van der Waals surface area contributed by atoms with Crippen LogP contribution in [0.25, 0.3) is 0 Å². The van der Waals surface area contributed by atoms with E-state index in [9.17, 15) is 4.79 Å². The normalized spacial score (nSPS) is 10.5. The lowest BCUT2D eigenvalue weighted by Gasteiger charge is -2.07. The van der Waals surface area contributed by atoms with E-state index in [0.29, 0.717) is 6.61 Å². The highest BCUT2D eigenvalue weighted by Gasteiger charge is 1.96. The summed E-state index contributed by atoms with van der Waals surface area (Å²) in [7, 11) is 0. The molecule has 19 heavy (non-hydrogen) atoms. The summed E-state index contributed by atoms with van der Waals surface area (Å²) in [5, 5.41) is 3.45. The van der Waals surface area contributed by atoms with Gasteiger partial charge >= 0.3 is 5.97 Å². The molecule has 106 valence electrons. The molecule has 0 radical (unpaired) electrons. The highest BCUT2D eigenvalue weighted by Crippen LogP contribution is 2.08. The van der Waals surface area contributed by atoms with Crippen molar-refractivity contribution < 1.29 is 9.53 Å². The summed E-state index contributed by atoms with van der Waals surface area (Å²) in [6.07, 6.45) is 3.16. The number of esters is 1. The highest BCUT2D eigenvalue weighted by molar-refractivity contribution is 5.65. The van der Waals surface area contributed by atoms with Gasteiger partial charge in [-0.25, -0.2) is 0 Å². The van der Waals surface area contributed by atoms with E-state index < -0.39 is 0 Å². The predicted octanol–water partition coefficient (Wildman–Crippen LogP) is 3.13. The fraction of sp³-hybridized carbons (Fsp3) is 0.562. The molecule has 1 aromatic rings. The molecular formula is C16H25NO2. The quantitative estimate of drug-likeness (QED) is 0.578. The van der Waals surface area contributed by atoms with E-state index in [2.05, 4.69) is 37.4 Å². The molecule has 1 aromatic carbocycles. The van der Waals surface area contributed by atoms with Gasteiger partial charge in [0.15, 0.2) is 0 Å². The fourth-order valence-electron chi connectivity index (χ4n) is 2.15. The van der Waals surface area contributed by atoms with Crippen LogP contribution in [-0.4, -0.2) is 19.1 Å². The van der Waals surface area contributed by atoms with Crippen molar-refractivity contribution in [3.63, 3.8) is 0 Å². The van der Waals surface area contributed by atoms with Crippen molar-refractivity contribution in [2.45, 2.75) is 46.6 Å². The Labute approximate surface area is 116 Å². The predicted molar refractivity (Wildman–Crippen MR) is 78.1 cm³/mol. The Morgan fingerprint density at radius 2 is 1.79 bits per heavy atom. The van der Waals surface area contributed by atoms with Crippen LogP contribution in [0.5, 0.6) is 0 Å². The Morgan fingerprint density at radius 3 is 2.42 bits per heavy atom. The second kappa shape index (κ2) is 8.70. The monoisotopic (exact) mass is 263 g/mol. The van der Waals surface area contributed by atoms with Crippen molar-refractivity contribution in [1.82, 2.24) is 5.32 Å². The van der Waals surface area contributed by atoms with E-state index in [1.807, 2.05) is 0 Å². The SMILES string of the molecule is CC(=O)OCCCCCNCc1cc(C)cc(C)c1. The van der Waals surface area contributed by atoms with Crippen molar-refractivity contribution in [2.75, 3.05) is 13.2 Å². The summed E-state index contributed by atoms with van der Waals surface area (Å²) >= 11 is 0. The van der Waals surface area contributed by atoms with Gasteiger partial charge in [0.1, 0.15) is 0 Å². The Morgan fingerprint density at radius 1 is 1.11 bits per heavy atom. The Bertz CT molecular complexity index is 381. The lowest BCUT2D eigenvalue weighted by molar-refractivity contribution is -0.141. The van der Waals surface area contributed by atoms with Gasteiger partial charge in [-0.2, -0.15) is 0 Å². The van der Waals surface area contributed by atoms with Crippen LogP contribution < -0.4 is 5.32 Å². The van der Waals surface area contributed by atoms with Crippen LogP contribution in [0, 0.1) is 13.8 Å². The van der Waals surface area contributed by atoms with Crippen LogP contribution in [0.4, 0.5) is 0 Å². The van der Waals surface area contributed by atoms with Crippen molar-refractivity contribution in [2.24, 2.45) is 0 Å². The Balaban J connectivity index is 2.06. The van der Waals surface area contributed by atoms with Crippen molar-refractivity contribution >= 4 is 5.97 Å². The summed E-state index contributed by atoms with van der Waals surface area (Å²) in [5.74, 6) is -0.187. The Kier molecular flexibility index (Phi) is 7.19. The zero-order valence-corrected chi connectivity index (χ0v) is 12.3. The molecule has 0 fully saturated rings. The number of carbonyl (C=O) groups is 1. The molecule has 0 heterocycles. The number of hydrogen-bond acceptors (Lipinski definition) is 3. The number of rotatable bonds is 8.